The van der Waals surface area contributed by atoms with Gasteiger partial charge in [-0.3, -0.25) is 4.79 Å². The minimum atomic E-state index is -4.04. The average molecular weight is 425 g/mol. The summed E-state index contributed by atoms with van der Waals surface area (Å²) in [5, 5.41) is 9.35. The van der Waals surface area contributed by atoms with Crippen molar-refractivity contribution in [2.75, 3.05) is 7.11 Å². The molecule has 0 aliphatic heterocycles. The van der Waals surface area contributed by atoms with Crippen molar-refractivity contribution in [2.45, 2.75) is 17.4 Å². The van der Waals surface area contributed by atoms with Crippen LogP contribution in [0.25, 0.3) is 11.1 Å². The summed E-state index contributed by atoms with van der Waals surface area (Å²) in [7, 11) is -2.46. The number of carbonyl (C=O) groups is 1. The lowest BCUT2D eigenvalue weighted by Crippen LogP contribution is -2.40. The molecule has 0 amide bonds. The van der Waals surface area contributed by atoms with Gasteiger partial charge in [0.1, 0.15) is 11.8 Å². The van der Waals surface area contributed by atoms with Crippen LogP contribution in [0.15, 0.2) is 76.2 Å². The number of nitrogens with one attached hydrogen (secondary N) is 1. The van der Waals surface area contributed by atoms with Crippen molar-refractivity contribution in [2.24, 2.45) is 0 Å². The first-order valence-electron chi connectivity index (χ1n) is 8.91. The van der Waals surface area contributed by atoms with E-state index in [1.165, 1.54) is 18.4 Å². The van der Waals surface area contributed by atoms with E-state index in [-0.39, 0.29) is 11.3 Å². The van der Waals surface area contributed by atoms with Crippen molar-refractivity contribution in [1.82, 2.24) is 4.72 Å². The summed E-state index contributed by atoms with van der Waals surface area (Å²) >= 11 is 0. The Bertz CT molecular complexity index is 1160. The molecule has 0 spiro atoms. The highest BCUT2D eigenvalue weighted by Gasteiger charge is 2.24. The van der Waals surface area contributed by atoms with Crippen molar-refractivity contribution in [3.63, 3.8) is 0 Å². The van der Waals surface area contributed by atoms with Crippen LogP contribution in [-0.4, -0.2) is 32.6 Å². The number of carboxylic acid groups (broad SMARTS) is 1. The third-order valence-corrected chi connectivity index (χ3v) is 5.71. The van der Waals surface area contributed by atoms with Crippen LogP contribution in [0.4, 0.5) is 0 Å². The predicted octanol–water partition coefficient (Wildman–Crippen LogP) is 3.13. The number of furan rings is 1. The van der Waals surface area contributed by atoms with Crippen molar-refractivity contribution in [3.8, 4) is 28.7 Å². The molecule has 154 valence electrons. The van der Waals surface area contributed by atoms with Gasteiger partial charge in [-0.1, -0.05) is 30.2 Å². The molecule has 30 heavy (non-hydrogen) atoms. The smallest absolute Gasteiger partial charge is 0.322 e. The molecule has 0 saturated heterocycles. The van der Waals surface area contributed by atoms with Crippen LogP contribution < -0.4 is 9.46 Å². The van der Waals surface area contributed by atoms with Gasteiger partial charge in [-0.05, 0) is 53.4 Å². The van der Waals surface area contributed by atoms with Crippen LogP contribution in [-0.2, 0) is 14.8 Å². The monoisotopic (exact) mass is 425 g/mol. The van der Waals surface area contributed by atoms with E-state index < -0.39 is 22.0 Å². The van der Waals surface area contributed by atoms with E-state index in [1.54, 1.807) is 31.4 Å². The van der Waals surface area contributed by atoms with Crippen molar-refractivity contribution in [1.29, 1.82) is 0 Å². The summed E-state index contributed by atoms with van der Waals surface area (Å²) in [6.45, 7) is 0. The molecule has 8 heteroatoms. The highest BCUT2D eigenvalue weighted by atomic mass is 32.2. The van der Waals surface area contributed by atoms with Gasteiger partial charge in [0.15, 0.2) is 5.76 Å². The molecule has 0 aliphatic rings. The first-order chi connectivity index (χ1) is 14.4. The molecule has 1 aromatic heterocycles. The number of hydrogen-bond donors (Lipinski definition) is 2. The Labute approximate surface area is 174 Å². The normalized spacial score (nSPS) is 11.9. The first kappa shape index (κ1) is 21.2. The number of rotatable bonds is 7. The molecule has 0 fully saturated rings. The molecule has 0 saturated carbocycles. The fourth-order valence-corrected chi connectivity index (χ4v) is 3.82. The summed E-state index contributed by atoms with van der Waals surface area (Å²) in [4.78, 5) is 11.4. The zero-order valence-electron chi connectivity index (χ0n) is 16.0. The van der Waals surface area contributed by atoms with Crippen molar-refractivity contribution >= 4 is 16.0 Å². The van der Waals surface area contributed by atoms with Crippen LogP contribution in [0.1, 0.15) is 12.2 Å². The third kappa shape index (κ3) is 5.29. The predicted molar refractivity (Wildman–Crippen MR) is 110 cm³/mol. The largest absolute Gasteiger partial charge is 0.497 e. The fraction of sp³-hybridized carbons (Fsp3) is 0.136. The molecule has 0 bridgehead atoms. The molecular weight excluding hydrogens is 406 g/mol. The maximum Gasteiger partial charge on any atom is 0.322 e. The number of carboxylic acids is 1. The Morgan fingerprint density at radius 2 is 1.73 bits per heavy atom. The van der Waals surface area contributed by atoms with E-state index in [1.807, 2.05) is 24.3 Å². The number of methoxy groups -OCH3 is 1. The molecule has 0 aliphatic carbocycles. The van der Waals surface area contributed by atoms with Crippen LogP contribution >= 0.6 is 0 Å². The first-order valence-corrected chi connectivity index (χ1v) is 10.4. The summed E-state index contributed by atoms with van der Waals surface area (Å²) in [6.07, 6.45) is 1.23. The Morgan fingerprint density at radius 3 is 2.27 bits per heavy atom. The second-order valence-electron chi connectivity index (χ2n) is 6.25. The lowest BCUT2D eigenvalue weighted by atomic mass is 10.1. The molecular formula is C22H19NO6S. The summed E-state index contributed by atoms with van der Waals surface area (Å²) in [6, 6.07) is 15.4. The molecule has 2 aromatic carbocycles. The maximum atomic E-state index is 12.6. The van der Waals surface area contributed by atoms with E-state index in [2.05, 4.69) is 16.6 Å². The molecule has 3 aromatic rings. The Morgan fingerprint density at radius 1 is 1.10 bits per heavy atom. The van der Waals surface area contributed by atoms with Crippen molar-refractivity contribution in [3.05, 3.63) is 72.7 Å². The van der Waals surface area contributed by atoms with Gasteiger partial charge in [0.2, 0.25) is 10.0 Å². The van der Waals surface area contributed by atoms with E-state index in [4.69, 9.17) is 9.15 Å². The number of ether oxygens (including phenoxy) is 1. The number of benzene rings is 2. The number of sulfonamides is 1. The quantitative estimate of drug-likeness (QED) is 0.564. The molecule has 3 rings (SSSR count). The standard InChI is InChI=1S/C22H19NO6S/c1-28-18-11-7-16(8-12-18)17-9-13-20(14-10-17)30(26,27)23-21(22(24)25)6-2-4-19-5-3-15-29-19/h3,5,7-15,21,23H,6H2,1H3,(H,24,25). The van der Waals surface area contributed by atoms with Gasteiger partial charge in [-0.2, -0.15) is 4.72 Å². The Balaban J connectivity index is 1.73. The average Bonchev–Trinajstić information content (AvgIpc) is 3.26. The van der Waals surface area contributed by atoms with Crippen LogP contribution in [0.5, 0.6) is 5.75 Å². The molecule has 2 N–H and O–H groups in total. The SMILES string of the molecule is COc1ccc(-c2ccc(S(=O)(=O)NC(CC#Cc3ccco3)C(=O)O)cc2)cc1. The second kappa shape index (κ2) is 9.31. The van der Waals surface area contributed by atoms with E-state index in [9.17, 15) is 18.3 Å². The van der Waals surface area contributed by atoms with Crippen LogP contribution in [0.3, 0.4) is 0 Å². The molecule has 1 heterocycles. The van der Waals surface area contributed by atoms with E-state index >= 15 is 0 Å². The number of aliphatic carboxylic acids is 1. The van der Waals surface area contributed by atoms with Gasteiger partial charge in [-0.25, -0.2) is 8.42 Å². The Kier molecular flexibility index (Phi) is 6.57. The lowest BCUT2D eigenvalue weighted by molar-refractivity contribution is -0.138. The zero-order chi connectivity index (χ0) is 21.6. The molecule has 7 nitrogen and oxygen atoms in total. The third-order valence-electron chi connectivity index (χ3n) is 4.22. The van der Waals surface area contributed by atoms with Gasteiger partial charge in [0.05, 0.1) is 18.3 Å². The second-order valence-corrected chi connectivity index (χ2v) is 7.96. The minimum Gasteiger partial charge on any atom is -0.497 e. The molecule has 1 unspecified atom stereocenters. The zero-order valence-corrected chi connectivity index (χ0v) is 16.8. The summed E-state index contributed by atoms with van der Waals surface area (Å²) < 4.78 is 37.6. The minimum absolute atomic E-state index is 0.0370. The molecule has 1 atom stereocenters. The highest BCUT2D eigenvalue weighted by molar-refractivity contribution is 7.89. The van der Waals surface area contributed by atoms with Crippen molar-refractivity contribution < 1.29 is 27.5 Å². The van der Waals surface area contributed by atoms with Gasteiger partial charge in [0.25, 0.3) is 0 Å². The molecule has 0 radical (unpaired) electrons. The summed E-state index contributed by atoms with van der Waals surface area (Å²) in [5.74, 6) is 5.04. The topological polar surface area (TPSA) is 106 Å². The van der Waals surface area contributed by atoms with Gasteiger partial charge in [0, 0.05) is 6.42 Å². The highest BCUT2D eigenvalue weighted by Crippen LogP contribution is 2.24. The Hall–Kier alpha value is -3.54. The van der Waals surface area contributed by atoms with Gasteiger partial charge < -0.3 is 14.3 Å². The van der Waals surface area contributed by atoms with E-state index in [0.29, 0.717) is 5.76 Å². The van der Waals surface area contributed by atoms with E-state index in [0.717, 1.165) is 16.9 Å². The number of hydrogen-bond acceptors (Lipinski definition) is 5. The van der Waals surface area contributed by atoms with Gasteiger partial charge >= 0.3 is 5.97 Å². The lowest BCUT2D eigenvalue weighted by Gasteiger charge is -2.13. The summed E-state index contributed by atoms with van der Waals surface area (Å²) in [5.41, 5.74) is 1.71. The fourth-order valence-electron chi connectivity index (χ4n) is 2.63. The van der Waals surface area contributed by atoms with Crippen LogP contribution in [0.2, 0.25) is 0 Å². The van der Waals surface area contributed by atoms with Gasteiger partial charge in [-0.15, -0.1) is 0 Å². The maximum absolute atomic E-state index is 12.6. The van der Waals surface area contributed by atoms with Crippen LogP contribution in [0, 0.1) is 11.8 Å².